The zero-order chi connectivity index (χ0) is 30.9. The van der Waals surface area contributed by atoms with Gasteiger partial charge in [-0.3, -0.25) is 13.9 Å². The Bertz CT molecular complexity index is 1410. The molecule has 4 bridgehead atoms. The highest BCUT2D eigenvalue weighted by molar-refractivity contribution is 7.92. The summed E-state index contributed by atoms with van der Waals surface area (Å²) in [7, 11) is -3.82. The Hall–Kier alpha value is -2.29. The average molecular weight is 649 g/mol. The molecule has 2 aromatic rings. The van der Waals surface area contributed by atoms with Crippen LogP contribution in [0.15, 0.2) is 42.5 Å². The maximum absolute atomic E-state index is 14.0. The van der Waals surface area contributed by atoms with Gasteiger partial charge in [-0.25, -0.2) is 8.42 Å². The molecule has 0 spiro atoms. The maximum atomic E-state index is 14.0. The van der Waals surface area contributed by atoms with E-state index in [4.69, 9.17) is 23.2 Å². The molecule has 0 aromatic heterocycles. The first-order valence-corrected chi connectivity index (χ1v) is 18.1. The molecule has 43 heavy (non-hydrogen) atoms. The SMILES string of the molecule is CCCNC(=O)[C@@H](CC)N(Cc1ccc(Cl)cc1Cl)C(=O)CN(c1ccc(C23CC4CC(CC(C4)C2)C3)cc1)S(C)(=O)=O. The zero-order valence-electron chi connectivity index (χ0n) is 25.3. The molecule has 0 aliphatic heterocycles. The minimum atomic E-state index is -3.82. The van der Waals surface area contributed by atoms with Gasteiger partial charge in [0.2, 0.25) is 21.8 Å². The number of carbonyl (C=O) groups is 2. The fourth-order valence-electron chi connectivity index (χ4n) is 8.18. The van der Waals surface area contributed by atoms with Gasteiger partial charge in [0, 0.05) is 23.1 Å². The molecule has 1 atom stereocenters. The lowest BCUT2D eigenvalue weighted by Gasteiger charge is -2.57. The Balaban J connectivity index is 1.41. The van der Waals surface area contributed by atoms with E-state index in [1.54, 1.807) is 18.2 Å². The van der Waals surface area contributed by atoms with Crippen molar-refractivity contribution in [1.29, 1.82) is 0 Å². The summed E-state index contributed by atoms with van der Waals surface area (Å²) in [5.41, 5.74) is 2.53. The summed E-state index contributed by atoms with van der Waals surface area (Å²) in [5, 5.41) is 3.71. The monoisotopic (exact) mass is 647 g/mol. The standard InChI is InChI=1S/C33H43Cl2N3O4S/c1-4-12-36-32(40)30(5-2)37(20-25-6-9-27(34)16-29(25)35)31(39)21-38(43(3,41)42)28-10-7-26(8-11-28)33-17-22-13-23(18-33)15-24(14-22)19-33/h6-11,16,22-24,30H,4-5,12-15,17-21H2,1-3H3,(H,36,40)/t22?,23?,24?,30-,33?/m1/s1. The molecule has 4 aliphatic rings. The molecule has 234 valence electrons. The van der Waals surface area contributed by atoms with Crippen LogP contribution in [0.2, 0.25) is 10.0 Å². The summed E-state index contributed by atoms with van der Waals surface area (Å²) in [6.07, 6.45) is 9.93. The molecule has 4 aliphatic carbocycles. The topological polar surface area (TPSA) is 86.8 Å². The summed E-state index contributed by atoms with van der Waals surface area (Å²) in [6.45, 7) is 3.87. The second kappa shape index (κ2) is 13.0. The number of nitrogens with one attached hydrogen (secondary N) is 1. The third kappa shape index (κ3) is 7.02. The van der Waals surface area contributed by atoms with Crippen LogP contribution in [-0.2, 0) is 31.6 Å². The van der Waals surface area contributed by atoms with Gasteiger partial charge >= 0.3 is 0 Å². The molecule has 2 aromatic carbocycles. The molecular weight excluding hydrogens is 605 g/mol. The van der Waals surface area contributed by atoms with Crippen LogP contribution in [-0.4, -0.2) is 50.5 Å². The van der Waals surface area contributed by atoms with Crippen LogP contribution in [0, 0.1) is 17.8 Å². The van der Waals surface area contributed by atoms with Gasteiger partial charge in [0.15, 0.2) is 0 Å². The van der Waals surface area contributed by atoms with Crippen LogP contribution >= 0.6 is 23.2 Å². The fraction of sp³-hybridized carbons (Fsp3) is 0.576. The second-order valence-corrected chi connectivity index (χ2v) is 15.7. The van der Waals surface area contributed by atoms with Crippen molar-refractivity contribution in [2.75, 3.05) is 23.7 Å². The number of hydrogen-bond donors (Lipinski definition) is 1. The average Bonchev–Trinajstić information content (AvgIpc) is 2.94. The highest BCUT2D eigenvalue weighted by Crippen LogP contribution is 2.60. The smallest absolute Gasteiger partial charge is 0.244 e. The van der Waals surface area contributed by atoms with Crippen LogP contribution < -0.4 is 9.62 Å². The molecule has 2 amide bonds. The van der Waals surface area contributed by atoms with E-state index in [1.165, 1.54) is 49.0 Å². The first-order chi connectivity index (χ1) is 20.4. The minimum Gasteiger partial charge on any atom is -0.354 e. The molecule has 1 N–H and O–H groups in total. The van der Waals surface area contributed by atoms with Crippen LogP contribution in [0.4, 0.5) is 5.69 Å². The predicted molar refractivity (Wildman–Crippen MR) is 173 cm³/mol. The van der Waals surface area contributed by atoms with Gasteiger partial charge in [0.05, 0.1) is 11.9 Å². The van der Waals surface area contributed by atoms with Crippen molar-refractivity contribution in [3.05, 3.63) is 63.6 Å². The van der Waals surface area contributed by atoms with Crippen molar-refractivity contribution >= 4 is 50.7 Å². The van der Waals surface area contributed by atoms with E-state index in [0.29, 0.717) is 34.3 Å². The van der Waals surface area contributed by atoms with Gasteiger partial charge < -0.3 is 10.2 Å². The maximum Gasteiger partial charge on any atom is 0.244 e. The zero-order valence-corrected chi connectivity index (χ0v) is 27.6. The second-order valence-electron chi connectivity index (χ2n) is 13.0. The molecule has 10 heteroatoms. The van der Waals surface area contributed by atoms with E-state index in [1.807, 2.05) is 26.0 Å². The molecule has 0 heterocycles. The summed E-state index contributed by atoms with van der Waals surface area (Å²) in [4.78, 5) is 28.6. The van der Waals surface area contributed by atoms with E-state index < -0.39 is 28.5 Å². The summed E-state index contributed by atoms with van der Waals surface area (Å²) < 4.78 is 27.3. The summed E-state index contributed by atoms with van der Waals surface area (Å²) >= 11 is 12.6. The van der Waals surface area contributed by atoms with Crippen LogP contribution in [0.3, 0.4) is 0 Å². The van der Waals surface area contributed by atoms with Gasteiger partial charge in [-0.05, 0) is 110 Å². The number of carbonyl (C=O) groups excluding carboxylic acids is 2. The molecule has 0 radical (unpaired) electrons. The molecular formula is C33H43Cl2N3O4S. The third-order valence-corrected chi connectivity index (χ3v) is 11.5. The molecule has 4 fully saturated rings. The van der Waals surface area contributed by atoms with Gasteiger partial charge in [-0.1, -0.05) is 55.2 Å². The highest BCUT2D eigenvalue weighted by Gasteiger charge is 2.51. The number of rotatable bonds is 12. The minimum absolute atomic E-state index is 0.0371. The molecule has 6 rings (SSSR count). The van der Waals surface area contributed by atoms with Crippen molar-refractivity contribution in [2.24, 2.45) is 17.8 Å². The van der Waals surface area contributed by atoms with E-state index in [0.717, 1.165) is 34.7 Å². The number of amides is 2. The lowest BCUT2D eigenvalue weighted by Crippen LogP contribution is -2.52. The molecule has 0 saturated heterocycles. The first kappa shape index (κ1) is 32.1. The molecule has 7 nitrogen and oxygen atoms in total. The Morgan fingerprint density at radius 1 is 0.977 bits per heavy atom. The van der Waals surface area contributed by atoms with Crippen LogP contribution in [0.5, 0.6) is 0 Å². The number of anilines is 1. The van der Waals surface area contributed by atoms with Crippen LogP contribution in [0.1, 0.15) is 76.3 Å². The van der Waals surface area contributed by atoms with Crippen molar-refractivity contribution in [3.8, 4) is 0 Å². The van der Waals surface area contributed by atoms with Crippen LogP contribution in [0.25, 0.3) is 0 Å². The van der Waals surface area contributed by atoms with E-state index in [-0.39, 0.29) is 17.9 Å². The number of sulfonamides is 1. The summed E-state index contributed by atoms with van der Waals surface area (Å²) in [5.74, 6) is 1.64. The van der Waals surface area contributed by atoms with Crippen molar-refractivity contribution in [3.63, 3.8) is 0 Å². The third-order valence-electron chi connectivity index (χ3n) is 9.78. The predicted octanol–water partition coefficient (Wildman–Crippen LogP) is 6.56. The molecule has 4 saturated carbocycles. The van der Waals surface area contributed by atoms with Crippen molar-refractivity contribution in [1.82, 2.24) is 10.2 Å². The van der Waals surface area contributed by atoms with E-state index in [2.05, 4.69) is 17.4 Å². The van der Waals surface area contributed by atoms with Gasteiger partial charge in [-0.15, -0.1) is 0 Å². The number of nitrogens with zero attached hydrogens (tertiary/aromatic N) is 2. The van der Waals surface area contributed by atoms with Crippen molar-refractivity contribution in [2.45, 2.75) is 83.2 Å². The first-order valence-electron chi connectivity index (χ1n) is 15.5. The highest BCUT2D eigenvalue weighted by atomic mass is 35.5. The van der Waals surface area contributed by atoms with Crippen molar-refractivity contribution < 1.29 is 18.0 Å². The van der Waals surface area contributed by atoms with Gasteiger partial charge in [-0.2, -0.15) is 0 Å². The molecule has 0 unspecified atom stereocenters. The Labute approximate surface area is 266 Å². The lowest BCUT2D eigenvalue weighted by atomic mass is 9.48. The van der Waals surface area contributed by atoms with E-state index >= 15 is 0 Å². The Morgan fingerprint density at radius 2 is 1.58 bits per heavy atom. The van der Waals surface area contributed by atoms with Gasteiger partial charge in [0.1, 0.15) is 12.6 Å². The van der Waals surface area contributed by atoms with E-state index in [9.17, 15) is 18.0 Å². The normalized spacial score (nSPS) is 24.9. The fourth-order valence-corrected chi connectivity index (χ4v) is 9.50. The Kier molecular flexibility index (Phi) is 9.69. The summed E-state index contributed by atoms with van der Waals surface area (Å²) in [6, 6.07) is 12.0. The largest absolute Gasteiger partial charge is 0.354 e. The Morgan fingerprint density at radius 3 is 2.09 bits per heavy atom. The number of halogens is 2. The lowest BCUT2D eigenvalue weighted by molar-refractivity contribution is -0.140. The number of benzene rings is 2. The number of hydrogen-bond acceptors (Lipinski definition) is 4. The quantitative estimate of drug-likeness (QED) is 0.283. The van der Waals surface area contributed by atoms with Gasteiger partial charge in [0.25, 0.3) is 0 Å².